The molecule has 10 heteroatoms. The van der Waals surface area contributed by atoms with E-state index in [4.69, 9.17) is 4.52 Å². The molecule has 0 aromatic carbocycles. The Morgan fingerprint density at radius 1 is 1.54 bits per heavy atom. The highest BCUT2D eigenvalue weighted by molar-refractivity contribution is 5.87. The van der Waals surface area contributed by atoms with Gasteiger partial charge in [-0.1, -0.05) is 10.3 Å². The van der Waals surface area contributed by atoms with Crippen molar-refractivity contribution in [3.8, 4) is 0 Å². The number of rotatable bonds is 5. The average molecular weight is 338 g/mol. The Morgan fingerprint density at radius 3 is 3.04 bits per heavy atom. The fourth-order valence-corrected chi connectivity index (χ4v) is 2.77. The van der Waals surface area contributed by atoms with E-state index in [-0.39, 0.29) is 18.6 Å². The Morgan fingerprint density at radius 2 is 2.38 bits per heavy atom. The summed E-state index contributed by atoms with van der Waals surface area (Å²) in [4.78, 5) is 19.7. The molecule has 130 valence electrons. The van der Waals surface area contributed by atoms with Crippen molar-refractivity contribution in [3.05, 3.63) is 24.0 Å². The van der Waals surface area contributed by atoms with Crippen LogP contribution in [0.1, 0.15) is 18.1 Å². The summed E-state index contributed by atoms with van der Waals surface area (Å²) in [6.07, 6.45) is 0.794. The van der Waals surface area contributed by atoms with Gasteiger partial charge in [0.05, 0.1) is 6.54 Å². The number of aromatic nitrogens is 3. The lowest BCUT2D eigenvalue weighted by Gasteiger charge is -2.27. The molecule has 1 N–H and O–H groups in total. The lowest BCUT2D eigenvalue weighted by atomic mass is 10.2. The Kier molecular flexibility index (Phi) is 4.74. The molecule has 24 heavy (non-hydrogen) atoms. The van der Waals surface area contributed by atoms with Gasteiger partial charge in [0.1, 0.15) is 12.4 Å². The van der Waals surface area contributed by atoms with Crippen molar-refractivity contribution in [1.29, 1.82) is 0 Å². The number of urea groups is 1. The van der Waals surface area contributed by atoms with Crippen LogP contribution < -0.4 is 5.32 Å². The highest BCUT2D eigenvalue weighted by atomic mass is 19.1. The van der Waals surface area contributed by atoms with Crippen LogP contribution in [0.3, 0.4) is 0 Å². The predicted octanol–water partition coefficient (Wildman–Crippen LogP) is 1.44. The number of hydrogen-bond acceptors (Lipinski definition) is 7. The van der Waals surface area contributed by atoms with Crippen LogP contribution in [-0.4, -0.2) is 63.5 Å². The fraction of sp³-hybridized carbons (Fsp3) is 0.571. The lowest BCUT2D eigenvalue weighted by Crippen LogP contribution is -2.42. The van der Waals surface area contributed by atoms with Crippen LogP contribution in [0.15, 0.2) is 21.4 Å². The van der Waals surface area contributed by atoms with Gasteiger partial charge in [-0.05, 0) is 6.42 Å². The number of carbonyl (C=O) groups is 1. The summed E-state index contributed by atoms with van der Waals surface area (Å²) in [5, 5.41) is 10.1. The molecule has 2 aromatic heterocycles. The maximum absolute atomic E-state index is 13.8. The molecular weight excluding hydrogens is 319 g/mol. The standard InChI is InChI=1S/C14H19FN6O3/c1-9-16-13(19-24-9)8-21-6-10(15)5-11(21)7-20(2)14(22)17-12-3-4-23-18-12/h3-4,10-11H,5-8H2,1-2H3,(H,17,18,22)/t10-,11-/m0/s1. The highest BCUT2D eigenvalue weighted by Gasteiger charge is 2.34. The summed E-state index contributed by atoms with van der Waals surface area (Å²) in [5.41, 5.74) is 0. The van der Waals surface area contributed by atoms with E-state index < -0.39 is 6.17 Å². The van der Waals surface area contributed by atoms with Gasteiger partial charge in [-0.2, -0.15) is 4.98 Å². The minimum Gasteiger partial charge on any atom is -0.363 e. The third kappa shape index (κ3) is 3.88. The topological polar surface area (TPSA) is 101 Å². The number of nitrogens with one attached hydrogen (secondary N) is 1. The molecule has 0 radical (unpaired) electrons. The molecule has 2 aromatic rings. The van der Waals surface area contributed by atoms with Crippen LogP contribution in [0.5, 0.6) is 0 Å². The summed E-state index contributed by atoms with van der Waals surface area (Å²) in [6.45, 7) is 2.76. The third-order valence-corrected chi connectivity index (χ3v) is 3.90. The van der Waals surface area contributed by atoms with E-state index in [0.29, 0.717) is 37.0 Å². The van der Waals surface area contributed by atoms with Crippen molar-refractivity contribution in [1.82, 2.24) is 25.1 Å². The normalized spacial score (nSPS) is 21.1. The molecule has 0 aliphatic carbocycles. The van der Waals surface area contributed by atoms with Crippen molar-refractivity contribution in [2.45, 2.75) is 32.1 Å². The van der Waals surface area contributed by atoms with Gasteiger partial charge >= 0.3 is 6.03 Å². The molecular formula is C14H19FN6O3. The molecule has 3 rings (SSSR count). The van der Waals surface area contributed by atoms with Gasteiger partial charge in [0, 0.05) is 39.2 Å². The number of amides is 2. The molecule has 1 saturated heterocycles. The highest BCUT2D eigenvalue weighted by Crippen LogP contribution is 2.23. The molecule has 2 amide bonds. The van der Waals surface area contributed by atoms with Gasteiger partial charge in [0.15, 0.2) is 11.6 Å². The van der Waals surface area contributed by atoms with Crippen molar-refractivity contribution in [3.63, 3.8) is 0 Å². The summed E-state index contributed by atoms with van der Waals surface area (Å²) in [6, 6.07) is 1.09. The first kappa shape index (κ1) is 16.4. The fourth-order valence-electron chi connectivity index (χ4n) is 2.77. The maximum Gasteiger partial charge on any atom is 0.322 e. The number of aryl methyl sites for hydroxylation is 1. The number of carbonyl (C=O) groups excluding carboxylic acids is 1. The molecule has 2 atom stereocenters. The monoisotopic (exact) mass is 338 g/mol. The summed E-state index contributed by atoms with van der Waals surface area (Å²) < 4.78 is 23.4. The number of likely N-dealkylation sites (tertiary alicyclic amines) is 1. The van der Waals surface area contributed by atoms with E-state index in [9.17, 15) is 9.18 Å². The van der Waals surface area contributed by atoms with Crippen LogP contribution in [0.4, 0.5) is 15.0 Å². The number of halogens is 1. The minimum absolute atomic E-state index is 0.119. The molecule has 3 heterocycles. The second kappa shape index (κ2) is 6.95. The molecule has 9 nitrogen and oxygen atoms in total. The van der Waals surface area contributed by atoms with Gasteiger partial charge < -0.3 is 13.9 Å². The van der Waals surface area contributed by atoms with E-state index in [1.165, 1.54) is 11.2 Å². The summed E-state index contributed by atoms with van der Waals surface area (Å²) in [7, 11) is 1.65. The number of anilines is 1. The zero-order valence-corrected chi connectivity index (χ0v) is 13.5. The smallest absolute Gasteiger partial charge is 0.322 e. The Bertz CT molecular complexity index is 676. The largest absolute Gasteiger partial charge is 0.363 e. The first-order chi connectivity index (χ1) is 11.5. The van der Waals surface area contributed by atoms with E-state index >= 15 is 0 Å². The summed E-state index contributed by atoms with van der Waals surface area (Å²) in [5.74, 6) is 1.32. The van der Waals surface area contributed by atoms with Crippen molar-refractivity contribution < 1.29 is 18.2 Å². The number of alkyl halides is 1. The van der Waals surface area contributed by atoms with Crippen molar-refractivity contribution in [2.24, 2.45) is 0 Å². The van der Waals surface area contributed by atoms with Crippen molar-refractivity contribution in [2.75, 3.05) is 25.5 Å². The quantitative estimate of drug-likeness (QED) is 0.880. The molecule has 0 saturated carbocycles. The second-order valence-electron chi connectivity index (χ2n) is 5.84. The predicted molar refractivity (Wildman–Crippen MR) is 80.9 cm³/mol. The van der Waals surface area contributed by atoms with Gasteiger partial charge in [0.2, 0.25) is 5.89 Å². The van der Waals surface area contributed by atoms with Gasteiger partial charge in [-0.3, -0.25) is 10.2 Å². The molecule has 1 aliphatic rings. The zero-order chi connectivity index (χ0) is 17.1. The van der Waals surface area contributed by atoms with E-state index in [2.05, 4.69) is 25.1 Å². The minimum atomic E-state index is -0.935. The molecule has 0 spiro atoms. The zero-order valence-electron chi connectivity index (χ0n) is 13.5. The van der Waals surface area contributed by atoms with E-state index in [1.54, 1.807) is 20.0 Å². The number of hydrogen-bond donors (Lipinski definition) is 1. The Labute approximate surface area is 137 Å². The molecule has 0 unspecified atom stereocenters. The van der Waals surface area contributed by atoms with Crippen LogP contribution in [0.25, 0.3) is 0 Å². The maximum atomic E-state index is 13.8. The third-order valence-electron chi connectivity index (χ3n) is 3.90. The van der Waals surface area contributed by atoms with E-state index in [0.717, 1.165) is 0 Å². The SMILES string of the molecule is Cc1nc(CN2C[C@@H](F)C[C@H]2CN(C)C(=O)Nc2ccon2)no1. The van der Waals surface area contributed by atoms with E-state index in [1.807, 2.05) is 4.90 Å². The average Bonchev–Trinajstić information content (AvgIpc) is 3.23. The second-order valence-corrected chi connectivity index (χ2v) is 5.84. The summed E-state index contributed by atoms with van der Waals surface area (Å²) >= 11 is 0. The van der Waals surface area contributed by atoms with Crippen LogP contribution in [0.2, 0.25) is 0 Å². The van der Waals surface area contributed by atoms with Gasteiger partial charge in [-0.15, -0.1) is 0 Å². The molecule has 1 fully saturated rings. The Hall–Kier alpha value is -2.49. The number of nitrogens with zero attached hydrogens (tertiary/aromatic N) is 5. The van der Waals surface area contributed by atoms with Crippen molar-refractivity contribution >= 4 is 11.8 Å². The first-order valence-corrected chi connectivity index (χ1v) is 7.61. The van der Waals surface area contributed by atoms with Gasteiger partial charge in [0.25, 0.3) is 0 Å². The number of likely N-dealkylation sites (N-methyl/N-ethyl adjacent to an activating group) is 1. The first-order valence-electron chi connectivity index (χ1n) is 7.61. The molecule has 1 aliphatic heterocycles. The molecule has 0 bridgehead atoms. The lowest BCUT2D eigenvalue weighted by molar-refractivity contribution is 0.179. The van der Waals surface area contributed by atoms with Gasteiger partial charge in [-0.25, -0.2) is 9.18 Å². The van der Waals surface area contributed by atoms with Crippen LogP contribution in [-0.2, 0) is 6.54 Å². The Balaban J connectivity index is 1.58. The van der Waals surface area contributed by atoms with Crippen LogP contribution in [0, 0.1) is 6.92 Å². The van der Waals surface area contributed by atoms with Crippen LogP contribution >= 0.6 is 0 Å².